The molecule has 0 aliphatic heterocycles. The molecule has 32 heavy (non-hydrogen) atoms. The predicted molar refractivity (Wildman–Crippen MR) is 128 cm³/mol. The zero-order valence-electron chi connectivity index (χ0n) is 19.4. The summed E-state index contributed by atoms with van der Waals surface area (Å²) in [6.45, 7) is 9.34. The monoisotopic (exact) mass is 431 g/mol. The molecule has 4 aromatic rings. The fourth-order valence-electron chi connectivity index (χ4n) is 3.35. The molecule has 3 heterocycles. The van der Waals surface area contributed by atoms with Gasteiger partial charge in [0.25, 0.3) is 0 Å². The predicted octanol–water partition coefficient (Wildman–Crippen LogP) is 4.94. The second-order valence-electron chi connectivity index (χ2n) is 9.10. The fraction of sp³-hybridized carbons (Fsp3) is 0.333. The Hall–Kier alpha value is -3.68. The number of ether oxygens (including phenoxy) is 1. The number of anilines is 3. The van der Waals surface area contributed by atoms with Crippen LogP contribution in [0, 0.1) is 12.3 Å². The molecule has 0 atom stereocenters. The molecule has 2 N–H and O–H groups in total. The number of hydrogen-bond acceptors (Lipinski definition) is 7. The number of methoxy groups -OCH3 is 1. The number of hydrogen-bond donors (Lipinski definition) is 2. The standard InChI is InChI=1S/C24H29N7O/c1-15-10-25-22(27-14-24(2,3)4)21-18(15)12-26-23(30-21)29-19-8-7-16(9-20(19)32-6)17-11-28-31(5)13-17/h7-13H,14H2,1-6H3,(H,25,27)(H,26,29,30). The van der Waals surface area contributed by atoms with E-state index in [0.29, 0.717) is 11.7 Å². The van der Waals surface area contributed by atoms with E-state index in [2.05, 4.69) is 46.5 Å². The molecule has 0 spiro atoms. The summed E-state index contributed by atoms with van der Waals surface area (Å²) in [4.78, 5) is 13.9. The maximum atomic E-state index is 5.62. The van der Waals surface area contributed by atoms with Gasteiger partial charge in [-0.1, -0.05) is 26.8 Å². The lowest BCUT2D eigenvalue weighted by Gasteiger charge is -2.20. The van der Waals surface area contributed by atoms with E-state index < -0.39 is 0 Å². The summed E-state index contributed by atoms with van der Waals surface area (Å²) in [5.74, 6) is 1.93. The summed E-state index contributed by atoms with van der Waals surface area (Å²) in [6, 6.07) is 5.95. The van der Waals surface area contributed by atoms with Crippen LogP contribution in [0.3, 0.4) is 0 Å². The van der Waals surface area contributed by atoms with Crippen LogP contribution in [0.1, 0.15) is 26.3 Å². The van der Waals surface area contributed by atoms with Gasteiger partial charge in [-0.25, -0.2) is 15.0 Å². The van der Waals surface area contributed by atoms with E-state index in [1.807, 2.05) is 57.0 Å². The van der Waals surface area contributed by atoms with Crippen LogP contribution in [0.15, 0.2) is 43.0 Å². The number of aryl methyl sites for hydroxylation is 2. The molecule has 0 saturated heterocycles. The number of pyridine rings is 1. The second-order valence-corrected chi connectivity index (χ2v) is 9.10. The summed E-state index contributed by atoms with van der Waals surface area (Å²) in [6.07, 6.45) is 7.48. The molecule has 0 saturated carbocycles. The largest absolute Gasteiger partial charge is 0.495 e. The smallest absolute Gasteiger partial charge is 0.227 e. The molecule has 0 fully saturated rings. The van der Waals surface area contributed by atoms with Gasteiger partial charge in [-0.3, -0.25) is 4.68 Å². The van der Waals surface area contributed by atoms with E-state index in [1.54, 1.807) is 11.8 Å². The van der Waals surface area contributed by atoms with Gasteiger partial charge < -0.3 is 15.4 Å². The normalized spacial score (nSPS) is 11.6. The van der Waals surface area contributed by atoms with Gasteiger partial charge in [0.1, 0.15) is 11.3 Å². The van der Waals surface area contributed by atoms with Gasteiger partial charge in [0.2, 0.25) is 5.95 Å². The molecule has 3 aromatic heterocycles. The van der Waals surface area contributed by atoms with Crippen LogP contribution in [0.4, 0.5) is 17.5 Å². The molecular weight excluding hydrogens is 402 g/mol. The number of rotatable bonds is 6. The average molecular weight is 432 g/mol. The topological polar surface area (TPSA) is 89.8 Å². The van der Waals surface area contributed by atoms with Crippen LogP contribution in [0.5, 0.6) is 5.75 Å². The minimum Gasteiger partial charge on any atom is -0.495 e. The molecule has 0 aliphatic carbocycles. The zero-order valence-corrected chi connectivity index (χ0v) is 19.4. The third kappa shape index (κ3) is 4.64. The third-order valence-corrected chi connectivity index (χ3v) is 5.10. The van der Waals surface area contributed by atoms with E-state index >= 15 is 0 Å². The molecule has 0 unspecified atom stereocenters. The van der Waals surface area contributed by atoms with Crippen LogP contribution in [-0.4, -0.2) is 38.4 Å². The van der Waals surface area contributed by atoms with Crippen LogP contribution in [0.25, 0.3) is 22.0 Å². The average Bonchev–Trinajstić information content (AvgIpc) is 3.19. The van der Waals surface area contributed by atoms with Crippen molar-refractivity contribution in [3.63, 3.8) is 0 Å². The molecule has 0 radical (unpaired) electrons. The highest BCUT2D eigenvalue weighted by Gasteiger charge is 2.15. The van der Waals surface area contributed by atoms with E-state index in [0.717, 1.165) is 45.6 Å². The summed E-state index contributed by atoms with van der Waals surface area (Å²) in [7, 11) is 3.55. The van der Waals surface area contributed by atoms with Crippen molar-refractivity contribution in [3.8, 4) is 16.9 Å². The lowest BCUT2D eigenvalue weighted by molar-refractivity contribution is 0.417. The lowest BCUT2D eigenvalue weighted by Crippen LogP contribution is -2.20. The van der Waals surface area contributed by atoms with Crippen molar-refractivity contribution in [1.82, 2.24) is 24.7 Å². The van der Waals surface area contributed by atoms with Gasteiger partial charge in [0.05, 0.1) is 19.0 Å². The lowest BCUT2D eigenvalue weighted by atomic mass is 9.97. The van der Waals surface area contributed by atoms with Gasteiger partial charge in [0, 0.05) is 43.1 Å². The van der Waals surface area contributed by atoms with Crippen LogP contribution >= 0.6 is 0 Å². The third-order valence-electron chi connectivity index (χ3n) is 5.10. The summed E-state index contributed by atoms with van der Waals surface area (Å²) in [5.41, 5.74) is 4.77. The zero-order chi connectivity index (χ0) is 22.9. The first kappa shape index (κ1) is 21.5. The molecule has 166 valence electrons. The van der Waals surface area contributed by atoms with E-state index in [-0.39, 0.29) is 5.41 Å². The van der Waals surface area contributed by atoms with E-state index in [1.165, 1.54) is 0 Å². The number of nitrogens with zero attached hydrogens (tertiary/aromatic N) is 5. The first-order chi connectivity index (χ1) is 15.2. The highest BCUT2D eigenvalue weighted by atomic mass is 16.5. The Bertz CT molecular complexity index is 1260. The van der Waals surface area contributed by atoms with Crippen molar-refractivity contribution in [2.24, 2.45) is 12.5 Å². The second kappa shape index (κ2) is 8.45. The van der Waals surface area contributed by atoms with Crippen molar-refractivity contribution in [2.75, 3.05) is 24.3 Å². The van der Waals surface area contributed by atoms with Crippen molar-refractivity contribution < 1.29 is 4.74 Å². The summed E-state index contributed by atoms with van der Waals surface area (Å²) in [5, 5.41) is 11.9. The molecule has 4 rings (SSSR count). The van der Waals surface area contributed by atoms with Gasteiger partial charge in [0.15, 0.2) is 5.82 Å². The molecular formula is C24H29N7O. The van der Waals surface area contributed by atoms with Crippen LogP contribution in [0.2, 0.25) is 0 Å². The molecule has 0 aliphatic rings. The van der Waals surface area contributed by atoms with Crippen molar-refractivity contribution in [3.05, 3.63) is 48.5 Å². The SMILES string of the molecule is COc1cc(-c2cnn(C)c2)ccc1Nc1ncc2c(C)cnc(NCC(C)(C)C)c2n1. The Morgan fingerprint density at radius 3 is 2.56 bits per heavy atom. The number of benzene rings is 1. The first-order valence-corrected chi connectivity index (χ1v) is 10.5. The number of nitrogens with one attached hydrogen (secondary N) is 2. The maximum absolute atomic E-state index is 5.62. The van der Waals surface area contributed by atoms with Crippen molar-refractivity contribution in [2.45, 2.75) is 27.7 Å². The van der Waals surface area contributed by atoms with Crippen molar-refractivity contribution >= 4 is 28.4 Å². The Labute approximate surface area is 188 Å². The Morgan fingerprint density at radius 2 is 1.88 bits per heavy atom. The highest BCUT2D eigenvalue weighted by molar-refractivity contribution is 5.91. The van der Waals surface area contributed by atoms with Gasteiger partial charge in [-0.05, 0) is 35.6 Å². The minimum atomic E-state index is 0.121. The first-order valence-electron chi connectivity index (χ1n) is 10.5. The quantitative estimate of drug-likeness (QED) is 0.447. The summed E-state index contributed by atoms with van der Waals surface area (Å²) >= 11 is 0. The molecule has 0 bridgehead atoms. The molecule has 8 nitrogen and oxygen atoms in total. The van der Waals surface area contributed by atoms with E-state index in [9.17, 15) is 0 Å². The molecule has 8 heteroatoms. The minimum absolute atomic E-state index is 0.121. The Balaban J connectivity index is 1.66. The number of aromatic nitrogens is 5. The van der Waals surface area contributed by atoms with Gasteiger partial charge in [-0.2, -0.15) is 5.10 Å². The van der Waals surface area contributed by atoms with E-state index in [4.69, 9.17) is 9.72 Å². The molecule has 1 aromatic carbocycles. The van der Waals surface area contributed by atoms with Gasteiger partial charge >= 0.3 is 0 Å². The Kier molecular flexibility index (Phi) is 5.69. The van der Waals surface area contributed by atoms with Crippen LogP contribution in [-0.2, 0) is 7.05 Å². The van der Waals surface area contributed by atoms with Gasteiger partial charge in [-0.15, -0.1) is 0 Å². The summed E-state index contributed by atoms with van der Waals surface area (Å²) < 4.78 is 7.40. The Morgan fingerprint density at radius 1 is 1.06 bits per heavy atom. The fourth-order valence-corrected chi connectivity index (χ4v) is 3.35. The molecule has 0 amide bonds. The highest BCUT2D eigenvalue weighted by Crippen LogP contribution is 2.33. The number of fused-ring (bicyclic) bond motifs is 1. The van der Waals surface area contributed by atoms with Crippen molar-refractivity contribution in [1.29, 1.82) is 0 Å². The van der Waals surface area contributed by atoms with Crippen LogP contribution < -0.4 is 15.4 Å². The maximum Gasteiger partial charge on any atom is 0.227 e.